The molecule has 0 bridgehead atoms. The van der Waals surface area contributed by atoms with Gasteiger partial charge in [0.25, 0.3) is 0 Å². The molecule has 2 unspecified atom stereocenters. The van der Waals surface area contributed by atoms with Crippen LogP contribution in [0.4, 0.5) is 0 Å². The number of hydrogen-bond donors (Lipinski definition) is 0. The molecule has 1 fully saturated rings. The molecule has 0 N–H and O–H groups in total. The van der Waals surface area contributed by atoms with Crippen LogP contribution in [0.5, 0.6) is 0 Å². The highest BCUT2D eigenvalue weighted by atomic mass is 16.1. The SMILES string of the molecule is O=C(c1cnn2ccccc12)C1CC1c1ccccc1. The van der Waals surface area contributed by atoms with Crippen molar-refractivity contribution in [3.05, 3.63) is 72.1 Å². The van der Waals surface area contributed by atoms with Crippen LogP contribution in [0.3, 0.4) is 0 Å². The summed E-state index contributed by atoms with van der Waals surface area (Å²) in [4.78, 5) is 12.6. The number of Topliss-reactive ketones (excluding diaryl/α,β-unsaturated/α-hetero) is 1. The first-order chi connectivity index (χ1) is 9.84. The first kappa shape index (κ1) is 11.4. The molecule has 2 aromatic heterocycles. The topological polar surface area (TPSA) is 34.4 Å². The Hall–Kier alpha value is -2.42. The maximum Gasteiger partial charge on any atom is 0.170 e. The molecule has 0 amide bonds. The van der Waals surface area contributed by atoms with Gasteiger partial charge in [-0.2, -0.15) is 5.10 Å². The molecule has 0 saturated heterocycles. The van der Waals surface area contributed by atoms with E-state index in [2.05, 4.69) is 17.2 Å². The predicted octanol–water partition coefficient (Wildman–Crippen LogP) is 3.32. The first-order valence-electron chi connectivity index (χ1n) is 6.86. The van der Waals surface area contributed by atoms with Crippen LogP contribution >= 0.6 is 0 Å². The molecule has 1 aliphatic carbocycles. The highest BCUT2D eigenvalue weighted by Gasteiger charge is 2.44. The second-order valence-corrected chi connectivity index (χ2v) is 5.31. The van der Waals surface area contributed by atoms with E-state index in [1.54, 1.807) is 10.7 Å². The maximum absolute atomic E-state index is 12.6. The number of nitrogens with zero attached hydrogens (tertiary/aromatic N) is 2. The van der Waals surface area contributed by atoms with Gasteiger partial charge in [0.2, 0.25) is 0 Å². The Balaban J connectivity index is 1.63. The monoisotopic (exact) mass is 262 g/mol. The molecule has 98 valence electrons. The molecule has 3 aromatic rings. The van der Waals surface area contributed by atoms with Gasteiger partial charge in [-0.3, -0.25) is 4.79 Å². The van der Waals surface area contributed by atoms with Crippen LogP contribution in [0.25, 0.3) is 5.52 Å². The van der Waals surface area contributed by atoms with E-state index in [1.807, 2.05) is 42.6 Å². The number of carbonyl (C=O) groups is 1. The molecular weight excluding hydrogens is 248 g/mol. The van der Waals surface area contributed by atoms with Crippen molar-refractivity contribution in [1.29, 1.82) is 0 Å². The van der Waals surface area contributed by atoms with Crippen molar-refractivity contribution in [2.45, 2.75) is 12.3 Å². The lowest BCUT2D eigenvalue weighted by molar-refractivity contribution is 0.0967. The molecule has 20 heavy (non-hydrogen) atoms. The molecule has 2 atom stereocenters. The number of aromatic nitrogens is 2. The zero-order valence-electron chi connectivity index (χ0n) is 10.9. The molecule has 4 rings (SSSR count). The van der Waals surface area contributed by atoms with Crippen LogP contribution in [0, 0.1) is 5.92 Å². The average Bonchev–Trinajstić information content (AvgIpc) is 3.20. The van der Waals surface area contributed by atoms with E-state index in [9.17, 15) is 4.79 Å². The minimum absolute atomic E-state index is 0.116. The van der Waals surface area contributed by atoms with E-state index >= 15 is 0 Å². The number of carbonyl (C=O) groups excluding carboxylic acids is 1. The zero-order valence-corrected chi connectivity index (χ0v) is 10.9. The Bertz CT molecular complexity index is 776. The minimum Gasteiger partial charge on any atom is -0.294 e. The summed E-state index contributed by atoms with van der Waals surface area (Å²) in [5, 5.41) is 4.24. The van der Waals surface area contributed by atoms with Gasteiger partial charge >= 0.3 is 0 Å². The summed E-state index contributed by atoms with van der Waals surface area (Å²) >= 11 is 0. The lowest BCUT2D eigenvalue weighted by atomic mass is 10.0. The molecule has 0 radical (unpaired) electrons. The molecule has 3 heteroatoms. The Kier molecular flexibility index (Phi) is 2.46. The van der Waals surface area contributed by atoms with Gasteiger partial charge in [-0.05, 0) is 30.0 Å². The van der Waals surface area contributed by atoms with Gasteiger partial charge < -0.3 is 0 Å². The number of ketones is 1. The van der Waals surface area contributed by atoms with Crippen molar-refractivity contribution in [1.82, 2.24) is 9.61 Å². The Morgan fingerprint density at radius 1 is 1.10 bits per heavy atom. The third-order valence-electron chi connectivity index (χ3n) is 4.05. The van der Waals surface area contributed by atoms with Crippen LogP contribution in [-0.4, -0.2) is 15.4 Å². The average molecular weight is 262 g/mol. The minimum atomic E-state index is 0.116. The number of rotatable bonds is 3. The van der Waals surface area contributed by atoms with Gasteiger partial charge in [-0.1, -0.05) is 36.4 Å². The number of pyridine rings is 1. The van der Waals surface area contributed by atoms with Crippen molar-refractivity contribution in [3.8, 4) is 0 Å². The van der Waals surface area contributed by atoms with Crippen LogP contribution in [-0.2, 0) is 0 Å². The largest absolute Gasteiger partial charge is 0.294 e. The summed E-state index contributed by atoms with van der Waals surface area (Å²) in [6.45, 7) is 0. The highest BCUT2D eigenvalue weighted by molar-refractivity contribution is 6.05. The molecule has 0 spiro atoms. The van der Waals surface area contributed by atoms with Gasteiger partial charge in [-0.15, -0.1) is 0 Å². The summed E-state index contributed by atoms with van der Waals surface area (Å²) < 4.78 is 1.76. The summed E-state index contributed by atoms with van der Waals surface area (Å²) in [6.07, 6.45) is 4.51. The first-order valence-corrected chi connectivity index (χ1v) is 6.86. The lowest BCUT2D eigenvalue weighted by Gasteiger charge is -2.00. The van der Waals surface area contributed by atoms with E-state index in [4.69, 9.17) is 0 Å². The van der Waals surface area contributed by atoms with Crippen molar-refractivity contribution in [3.63, 3.8) is 0 Å². The van der Waals surface area contributed by atoms with Gasteiger partial charge in [0.15, 0.2) is 5.78 Å². The lowest BCUT2D eigenvalue weighted by Crippen LogP contribution is -2.02. The summed E-state index contributed by atoms with van der Waals surface area (Å²) in [7, 11) is 0. The van der Waals surface area contributed by atoms with Crippen molar-refractivity contribution in [2.75, 3.05) is 0 Å². The van der Waals surface area contributed by atoms with Crippen LogP contribution < -0.4 is 0 Å². The van der Waals surface area contributed by atoms with Gasteiger partial charge in [-0.25, -0.2) is 4.52 Å². The van der Waals surface area contributed by atoms with Gasteiger partial charge in [0.05, 0.1) is 17.3 Å². The summed E-state index contributed by atoms with van der Waals surface area (Å²) in [5.41, 5.74) is 2.91. The van der Waals surface area contributed by atoms with E-state index in [0.29, 0.717) is 5.92 Å². The molecule has 1 aromatic carbocycles. The zero-order chi connectivity index (χ0) is 13.5. The van der Waals surface area contributed by atoms with Crippen molar-refractivity contribution >= 4 is 11.3 Å². The predicted molar refractivity (Wildman–Crippen MR) is 76.8 cm³/mol. The Morgan fingerprint density at radius 3 is 2.75 bits per heavy atom. The van der Waals surface area contributed by atoms with Crippen molar-refractivity contribution in [2.24, 2.45) is 5.92 Å². The normalized spacial score (nSPS) is 21.0. The second-order valence-electron chi connectivity index (χ2n) is 5.31. The van der Waals surface area contributed by atoms with E-state index < -0.39 is 0 Å². The van der Waals surface area contributed by atoms with E-state index in [-0.39, 0.29) is 11.7 Å². The van der Waals surface area contributed by atoms with Crippen LogP contribution in [0.1, 0.15) is 28.3 Å². The van der Waals surface area contributed by atoms with E-state index in [1.165, 1.54) is 5.56 Å². The standard InChI is InChI=1S/C17H14N2O/c20-17(14-10-13(14)12-6-2-1-3-7-12)15-11-18-19-9-5-4-8-16(15)19/h1-9,11,13-14H,10H2. The summed E-state index contributed by atoms with van der Waals surface area (Å²) in [5.74, 6) is 0.716. The second kappa shape index (κ2) is 4.30. The third-order valence-corrected chi connectivity index (χ3v) is 4.05. The van der Waals surface area contributed by atoms with Crippen molar-refractivity contribution < 1.29 is 4.79 Å². The molecule has 0 aliphatic heterocycles. The molecule has 2 heterocycles. The van der Waals surface area contributed by atoms with Crippen LogP contribution in [0.15, 0.2) is 60.9 Å². The highest BCUT2D eigenvalue weighted by Crippen LogP contribution is 2.49. The molecular formula is C17H14N2O. The Labute approximate surface area is 116 Å². The fraction of sp³-hybridized carbons (Fsp3) is 0.176. The quantitative estimate of drug-likeness (QED) is 0.679. The van der Waals surface area contributed by atoms with Crippen LogP contribution in [0.2, 0.25) is 0 Å². The fourth-order valence-corrected chi connectivity index (χ4v) is 2.88. The number of hydrogen-bond acceptors (Lipinski definition) is 2. The fourth-order valence-electron chi connectivity index (χ4n) is 2.88. The smallest absolute Gasteiger partial charge is 0.170 e. The summed E-state index contributed by atoms with van der Waals surface area (Å²) in [6, 6.07) is 16.1. The van der Waals surface area contributed by atoms with Gasteiger partial charge in [0.1, 0.15) is 0 Å². The molecule has 1 saturated carbocycles. The van der Waals surface area contributed by atoms with E-state index in [0.717, 1.165) is 17.5 Å². The number of fused-ring (bicyclic) bond motifs is 1. The molecule has 3 nitrogen and oxygen atoms in total. The third kappa shape index (κ3) is 1.74. The Morgan fingerprint density at radius 2 is 1.90 bits per heavy atom. The number of benzene rings is 1. The molecule has 1 aliphatic rings. The maximum atomic E-state index is 12.6. The van der Waals surface area contributed by atoms with Gasteiger partial charge in [0, 0.05) is 12.1 Å².